The van der Waals surface area contributed by atoms with Crippen LogP contribution in [0.15, 0.2) is 28.9 Å². The van der Waals surface area contributed by atoms with Crippen molar-refractivity contribution in [1.82, 2.24) is 4.90 Å². The van der Waals surface area contributed by atoms with Crippen LogP contribution in [0.25, 0.3) is 6.08 Å². The van der Waals surface area contributed by atoms with Gasteiger partial charge in [0.25, 0.3) is 5.91 Å². The average Bonchev–Trinajstić information content (AvgIpc) is 2.59. The second kappa shape index (κ2) is 4.52. The molecule has 19 heavy (non-hydrogen) atoms. The van der Waals surface area contributed by atoms with E-state index in [0.29, 0.717) is 11.4 Å². The maximum Gasteiger partial charge on any atom is 0.311 e. The molecule has 0 saturated carbocycles. The number of hydrogen-bond acceptors (Lipinski definition) is 5. The predicted molar refractivity (Wildman–Crippen MR) is 68.6 cm³/mol. The summed E-state index contributed by atoms with van der Waals surface area (Å²) in [7, 11) is 1.60. The van der Waals surface area contributed by atoms with Gasteiger partial charge in [-0.15, -0.1) is 0 Å². The molecule has 98 valence electrons. The molecule has 7 heteroatoms. The molecule has 0 atom stereocenters. The number of aromatic hydroxyl groups is 1. The van der Waals surface area contributed by atoms with Crippen LogP contribution in [0.1, 0.15) is 12.5 Å². The number of benzene rings is 1. The van der Waals surface area contributed by atoms with Crippen LogP contribution in [-0.2, 0) is 4.79 Å². The fourth-order valence-electron chi connectivity index (χ4n) is 1.64. The second-order valence-electron chi connectivity index (χ2n) is 4.06. The highest BCUT2D eigenvalue weighted by Crippen LogP contribution is 2.28. The fraction of sp³-hybridized carbons (Fsp3) is 0.167. The molecular weight excluding hydrogens is 250 g/mol. The van der Waals surface area contributed by atoms with E-state index < -0.39 is 16.4 Å². The van der Waals surface area contributed by atoms with E-state index >= 15 is 0 Å². The number of aliphatic imine (C=N–C) groups is 1. The Morgan fingerprint density at radius 2 is 2.16 bits per heavy atom. The number of amides is 1. The number of carbonyl (C=O) groups is 1. The van der Waals surface area contributed by atoms with Crippen LogP contribution in [0.3, 0.4) is 0 Å². The minimum absolute atomic E-state index is 0.208. The number of rotatable bonds is 2. The molecule has 1 heterocycles. The summed E-state index contributed by atoms with van der Waals surface area (Å²) in [5, 5.41) is 20.0. The summed E-state index contributed by atoms with van der Waals surface area (Å²) in [4.78, 5) is 27.2. The molecular formula is C12H11N3O4. The summed E-state index contributed by atoms with van der Waals surface area (Å²) < 4.78 is 0. The summed E-state index contributed by atoms with van der Waals surface area (Å²) >= 11 is 0. The number of carbonyl (C=O) groups excluding carboxylic acids is 1. The van der Waals surface area contributed by atoms with Crippen molar-refractivity contribution in [3.63, 3.8) is 0 Å². The third-order valence-corrected chi connectivity index (χ3v) is 2.79. The average molecular weight is 261 g/mol. The van der Waals surface area contributed by atoms with Crippen LogP contribution in [0, 0.1) is 10.1 Å². The van der Waals surface area contributed by atoms with Crippen LogP contribution in [0.4, 0.5) is 5.69 Å². The molecule has 1 N–H and O–H groups in total. The number of phenols is 1. The number of nitro benzene ring substituents is 1. The highest BCUT2D eigenvalue weighted by Gasteiger charge is 2.24. The first-order valence-electron chi connectivity index (χ1n) is 5.42. The summed E-state index contributed by atoms with van der Waals surface area (Å²) in [5.74, 6) is -0.126. The standard InChI is InChI=1S/C12H11N3O4/c1-7-13-9(12(17)14(7)2)5-8-3-4-11(16)10(6-8)15(18)19/h3-6,16H,1-2H3. The van der Waals surface area contributed by atoms with Gasteiger partial charge in [0.15, 0.2) is 5.75 Å². The van der Waals surface area contributed by atoms with Crippen LogP contribution in [0.2, 0.25) is 0 Å². The third-order valence-electron chi connectivity index (χ3n) is 2.79. The fourth-order valence-corrected chi connectivity index (χ4v) is 1.64. The maximum absolute atomic E-state index is 11.8. The van der Waals surface area contributed by atoms with Crippen LogP contribution in [0.5, 0.6) is 5.75 Å². The minimum atomic E-state index is -0.686. The minimum Gasteiger partial charge on any atom is -0.502 e. The number of nitro groups is 1. The Kier molecular flexibility index (Phi) is 3.04. The van der Waals surface area contributed by atoms with Gasteiger partial charge in [-0.2, -0.15) is 0 Å². The van der Waals surface area contributed by atoms with Gasteiger partial charge in [0.05, 0.1) is 4.92 Å². The van der Waals surface area contributed by atoms with E-state index in [1.54, 1.807) is 14.0 Å². The van der Waals surface area contributed by atoms with E-state index in [2.05, 4.69) is 4.99 Å². The molecule has 0 spiro atoms. The van der Waals surface area contributed by atoms with Gasteiger partial charge in [-0.25, -0.2) is 4.99 Å². The molecule has 1 aliphatic rings. The monoisotopic (exact) mass is 261 g/mol. The number of nitrogens with zero attached hydrogens (tertiary/aromatic N) is 3. The molecule has 2 rings (SSSR count). The first-order valence-corrected chi connectivity index (χ1v) is 5.42. The number of likely N-dealkylation sites (N-methyl/N-ethyl adjacent to an activating group) is 1. The van der Waals surface area contributed by atoms with Crippen molar-refractivity contribution in [1.29, 1.82) is 0 Å². The summed E-state index contributed by atoms with van der Waals surface area (Å²) in [6.45, 7) is 1.69. The number of hydrogen-bond donors (Lipinski definition) is 1. The molecule has 1 aromatic rings. The summed E-state index contributed by atoms with van der Waals surface area (Å²) in [6, 6.07) is 3.88. The van der Waals surface area contributed by atoms with Crippen molar-refractivity contribution >= 4 is 23.5 Å². The lowest BCUT2D eigenvalue weighted by molar-refractivity contribution is -0.385. The van der Waals surface area contributed by atoms with Crippen LogP contribution < -0.4 is 0 Å². The summed E-state index contributed by atoms with van der Waals surface area (Å²) in [5.41, 5.74) is 0.230. The van der Waals surface area contributed by atoms with Gasteiger partial charge in [-0.3, -0.25) is 19.8 Å². The molecule has 1 aliphatic heterocycles. The Labute approximate surface area is 108 Å². The Balaban J connectivity index is 2.42. The molecule has 7 nitrogen and oxygen atoms in total. The van der Waals surface area contributed by atoms with Crippen LogP contribution >= 0.6 is 0 Å². The normalized spacial score (nSPS) is 16.9. The van der Waals surface area contributed by atoms with E-state index in [0.717, 1.165) is 0 Å². The van der Waals surface area contributed by atoms with E-state index in [9.17, 15) is 20.0 Å². The quantitative estimate of drug-likeness (QED) is 0.496. The van der Waals surface area contributed by atoms with Crippen molar-refractivity contribution in [3.05, 3.63) is 39.6 Å². The Bertz CT molecular complexity index is 634. The molecule has 0 aliphatic carbocycles. The zero-order chi connectivity index (χ0) is 14.2. The molecule has 0 aromatic heterocycles. The van der Waals surface area contributed by atoms with E-state index in [4.69, 9.17) is 0 Å². The summed E-state index contributed by atoms with van der Waals surface area (Å²) in [6.07, 6.45) is 1.45. The first-order chi connectivity index (χ1) is 8.90. The topological polar surface area (TPSA) is 96.0 Å². The lowest BCUT2D eigenvalue weighted by Crippen LogP contribution is -2.25. The zero-order valence-corrected chi connectivity index (χ0v) is 10.3. The third kappa shape index (κ3) is 2.30. The molecule has 0 saturated heterocycles. The largest absolute Gasteiger partial charge is 0.502 e. The van der Waals surface area contributed by atoms with Crippen molar-refractivity contribution < 1.29 is 14.8 Å². The van der Waals surface area contributed by atoms with E-state index in [1.807, 2.05) is 0 Å². The van der Waals surface area contributed by atoms with Gasteiger partial charge in [0.2, 0.25) is 0 Å². The lowest BCUT2D eigenvalue weighted by atomic mass is 10.1. The van der Waals surface area contributed by atoms with Gasteiger partial charge in [-0.1, -0.05) is 6.07 Å². The van der Waals surface area contributed by atoms with Gasteiger partial charge >= 0.3 is 5.69 Å². The van der Waals surface area contributed by atoms with Gasteiger partial charge in [0.1, 0.15) is 11.5 Å². The molecule has 1 aromatic carbocycles. The molecule has 0 unspecified atom stereocenters. The van der Waals surface area contributed by atoms with Gasteiger partial charge in [-0.05, 0) is 24.6 Å². The highest BCUT2D eigenvalue weighted by molar-refractivity contribution is 6.13. The SMILES string of the molecule is CC1=NC(=Cc2ccc(O)c([N+](=O)[O-])c2)C(=O)N1C. The smallest absolute Gasteiger partial charge is 0.311 e. The second-order valence-corrected chi connectivity index (χ2v) is 4.06. The highest BCUT2D eigenvalue weighted by atomic mass is 16.6. The Morgan fingerprint density at radius 3 is 2.68 bits per heavy atom. The van der Waals surface area contributed by atoms with Crippen molar-refractivity contribution in [2.45, 2.75) is 6.92 Å². The van der Waals surface area contributed by atoms with Crippen LogP contribution in [-0.4, -0.2) is 33.7 Å². The predicted octanol–water partition coefficient (Wildman–Crippen LogP) is 1.53. The molecule has 0 fully saturated rings. The van der Waals surface area contributed by atoms with Gasteiger partial charge < -0.3 is 5.11 Å². The number of amidine groups is 1. The van der Waals surface area contributed by atoms with Crippen molar-refractivity contribution in [2.75, 3.05) is 7.05 Å². The van der Waals surface area contributed by atoms with Crippen molar-refractivity contribution in [3.8, 4) is 5.75 Å². The van der Waals surface area contributed by atoms with E-state index in [-0.39, 0.29) is 11.6 Å². The van der Waals surface area contributed by atoms with E-state index in [1.165, 1.54) is 29.2 Å². The van der Waals surface area contributed by atoms with Crippen molar-refractivity contribution in [2.24, 2.45) is 4.99 Å². The lowest BCUT2D eigenvalue weighted by Gasteiger charge is -2.06. The first kappa shape index (κ1) is 12.7. The molecule has 1 amide bonds. The zero-order valence-electron chi connectivity index (χ0n) is 10.3. The van der Waals surface area contributed by atoms with Gasteiger partial charge in [0, 0.05) is 13.1 Å². The molecule has 0 radical (unpaired) electrons. The molecule has 0 bridgehead atoms. The Morgan fingerprint density at radius 1 is 1.47 bits per heavy atom. The Hall–Kier alpha value is -2.70. The number of phenolic OH excluding ortho intramolecular Hbond substituents is 1. The maximum atomic E-state index is 11.8.